The highest BCUT2D eigenvalue weighted by molar-refractivity contribution is 14.1. The first kappa shape index (κ1) is 17.2. The minimum absolute atomic E-state index is 0.0286. The van der Waals surface area contributed by atoms with E-state index in [0.29, 0.717) is 5.56 Å². The molecule has 2 amide bonds. The minimum Gasteiger partial charge on any atom is -0.478 e. The molecule has 0 aliphatic rings. The number of amides is 2. The molecule has 2 aromatic carbocycles. The molecule has 2 rings (SSSR count). The van der Waals surface area contributed by atoms with Crippen LogP contribution in [0.5, 0.6) is 5.75 Å². The molecular weight excluding hydrogens is 414 g/mol. The largest absolute Gasteiger partial charge is 0.478 e. The lowest BCUT2D eigenvalue weighted by Gasteiger charge is -2.15. The van der Waals surface area contributed by atoms with Gasteiger partial charge in [-0.25, -0.2) is 4.39 Å². The molecule has 2 aromatic rings. The second-order valence-corrected chi connectivity index (χ2v) is 5.78. The highest BCUT2D eigenvalue weighted by Gasteiger charge is 2.17. The lowest BCUT2D eigenvalue weighted by molar-refractivity contribution is -0.128. The lowest BCUT2D eigenvalue weighted by Crippen LogP contribution is -2.47. The van der Waals surface area contributed by atoms with Crippen LogP contribution in [0.15, 0.2) is 48.5 Å². The highest BCUT2D eigenvalue weighted by Crippen LogP contribution is 2.17. The number of nitrogens with one attached hydrogen (secondary N) is 2. The number of para-hydroxylation sites is 1. The fourth-order valence-electron chi connectivity index (χ4n) is 1.72. The first-order valence-electron chi connectivity index (χ1n) is 6.75. The number of carbonyl (C=O) groups excluding carboxylic acids is 2. The van der Waals surface area contributed by atoms with Crippen molar-refractivity contribution in [2.75, 3.05) is 0 Å². The Morgan fingerprint density at radius 1 is 1.09 bits per heavy atom. The van der Waals surface area contributed by atoms with Gasteiger partial charge in [0.05, 0.1) is 5.56 Å². The summed E-state index contributed by atoms with van der Waals surface area (Å²) in [5.41, 5.74) is 5.00. The molecule has 0 radical (unpaired) electrons. The Balaban J connectivity index is 1.91. The van der Waals surface area contributed by atoms with E-state index >= 15 is 0 Å². The van der Waals surface area contributed by atoms with E-state index in [4.69, 9.17) is 4.74 Å². The van der Waals surface area contributed by atoms with Crippen molar-refractivity contribution in [1.82, 2.24) is 10.9 Å². The van der Waals surface area contributed by atoms with Gasteiger partial charge in [-0.15, -0.1) is 0 Å². The molecule has 0 saturated carbocycles. The Kier molecular flexibility index (Phi) is 5.91. The molecular formula is C16H14FIN2O3. The third-order valence-electron chi connectivity index (χ3n) is 2.93. The first-order chi connectivity index (χ1) is 11.0. The summed E-state index contributed by atoms with van der Waals surface area (Å²) in [6.45, 7) is 1.46. The molecule has 1 atom stereocenters. The molecule has 0 spiro atoms. The van der Waals surface area contributed by atoms with E-state index in [0.717, 1.165) is 3.57 Å². The predicted octanol–water partition coefficient (Wildman–Crippen LogP) is 2.66. The summed E-state index contributed by atoms with van der Waals surface area (Å²) in [5.74, 6) is -1.62. The van der Waals surface area contributed by atoms with Crippen LogP contribution >= 0.6 is 22.6 Å². The summed E-state index contributed by atoms with van der Waals surface area (Å²) < 4.78 is 19.5. The quantitative estimate of drug-likeness (QED) is 0.582. The van der Waals surface area contributed by atoms with Crippen molar-refractivity contribution < 1.29 is 18.7 Å². The summed E-state index contributed by atoms with van der Waals surface area (Å²) in [4.78, 5) is 23.9. The molecule has 1 unspecified atom stereocenters. The Hall–Kier alpha value is -2.16. The van der Waals surface area contributed by atoms with Gasteiger partial charge in [0.15, 0.2) is 17.7 Å². The van der Waals surface area contributed by atoms with Crippen molar-refractivity contribution >= 4 is 34.4 Å². The molecule has 120 valence electrons. The predicted molar refractivity (Wildman–Crippen MR) is 91.3 cm³/mol. The van der Waals surface area contributed by atoms with Crippen LogP contribution < -0.4 is 15.6 Å². The van der Waals surface area contributed by atoms with Crippen LogP contribution in [0.1, 0.15) is 17.3 Å². The zero-order valence-electron chi connectivity index (χ0n) is 12.2. The molecule has 5 nitrogen and oxygen atoms in total. The fourth-order valence-corrected chi connectivity index (χ4v) is 2.35. The van der Waals surface area contributed by atoms with E-state index in [1.54, 1.807) is 30.3 Å². The third kappa shape index (κ3) is 4.65. The Morgan fingerprint density at radius 2 is 1.74 bits per heavy atom. The highest BCUT2D eigenvalue weighted by atomic mass is 127. The van der Waals surface area contributed by atoms with Gasteiger partial charge in [0.1, 0.15) is 0 Å². The van der Waals surface area contributed by atoms with Gasteiger partial charge in [-0.05, 0) is 53.8 Å². The van der Waals surface area contributed by atoms with E-state index < -0.39 is 23.7 Å². The zero-order valence-corrected chi connectivity index (χ0v) is 14.3. The summed E-state index contributed by atoms with van der Waals surface area (Å²) in [6.07, 6.45) is -0.970. The van der Waals surface area contributed by atoms with Crippen LogP contribution in [0.25, 0.3) is 0 Å². The van der Waals surface area contributed by atoms with Gasteiger partial charge in [0.25, 0.3) is 11.8 Å². The van der Waals surface area contributed by atoms with Crippen LogP contribution in [0.3, 0.4) is 0 Å². The molecule has 0 heterocycles. The van der Waals surface area contributed by atoms with E-state index in [-0.39, 0.29) is 5.75 Å². The van der Waals surface area contributed by atoms with Gasteiger partial charge < -0.3 is 4.74 Å². The minimum atomic E-state index is -0.970. The number of ether oxygens (including phenoxy) is 1. The summed E-state index contributed by atoms with van der Waals surface area (Å²) in [7, 11) is 0. The average molecular weight is 428 g/mol. The van der Waals surface area contributed by atoms with Crippen molar-refractivity contribution in [2.45, 2.75) is 13.0 Å². The van der Waals surface area contributed by atoms with E-state index in [1.165, 1.54) is 25.1 Å². The summed E-state index contributed by atoms with van der Waals surface area (Å²) in [5, 5.41) is 0. The van der Waals surface area contributed by atoms with Crippen molar-refractivity contribution in [1.29, 1.82) is 0 Å². The smallest absolute Gasteiger partial charge is 0.279 e. The van der Waals surface area contributed by atoms with E-state index in [9.17, 15) is 14.0 Å². The monoisotopic (exact) mass is 428 g/mol. The van der Waals surface area contributed by atoms with E-state index in [2.05, 4.69) is 10.9 Å². The van der Waals surface area contributed by atoms with E-state index in [1.807, 2.05) is 22.6 Å². The third-order valence-corrected chi connectivity index (χ3v) is 3.87. The van der Waals surface area contributed by atoms with Gasteiger partial charge in [-0.3, -0.25) is 20.4 Å². The van der Waals surface area contributed by atoms with Crippen LogP contribution in [0.4, 0.5) is 4.39 Å². The van der Waals surface area contributed by atoms with Crippen LogP contribution in [-0.4, -0.2) is 17.9 Å². The van der Waals surface area contributed by atoms with Gasteiger partial charge in [-0.1, -0.05) is 24.3 Å². The number of halogens is 2. The first-order valence-corrected chi connectivity index (χ1v) is 7.83. The molecule has 0 aliphatic carbocycles. The maximum absolute atomic E-state index is 13.5. The van der Waals surface area contributed by atoms with Crippen molar-refractivity contribution in [2.24, 2.45) is 0 Å². The molecule has 0 aliphatic heterocycles. The van der Waals surface area contributed by atoms with Gasteiger partial charge in [0, 0.05) is 3.57 Å². The van der Waals surface area contributed by atoms with Gasteiger partial charge in [0.2, 0.25) is 0 Å². The maximum atomic E-state index is 13.5. The molecule has 0 fully saturated rings. The number of carbonyl (C=O) groups is 2. The Bertz CT molecular complexity index is 724. The average Bonchev–Trinajstić information content (AvgIpc) is 2.54. The van der Waals surface area contributed by atoms with Crippen molar-refractivity contribution in [3.05, 3.63) is 63.5 Å². The van der Waals surface area contributed by atoms with Crippen molar-refractivity contribution in [3.63, 3.8) is 0 Å². The SMILES string of the molecule is CC(Oc1ccccc1F)C(=O)NNC(=O)c1ccccc1I. The van der Waals surface area contributed by atoms with Gasteiger partial charge in [-0.2, -0.15) is 0 Å². The molecule has 0 aromatic heterocycles. The van der Waals surface area contributed by atoms with Crippen LogP contribution in [0, 0.1) is 9.39 Å². The number of hydrazine groups is 1. The second-order valence-electron chi connectivity index (χ2n) is 4.61. The summed E-state index contributed by atoms with van der Waals surface area (Å²) >= 11 is 2.02. The lowest BCUT2D eigenvalue weighted by atomic mass is 10.2. The van der Waals surface area contributed by atoms with Crippen molar-refractivity contribution in [3.8, 4) is 5.75 Å². The second kappa shape index (κ2) is 7.91. The number of hydrogen-bond acceptors (Lipinski definition) is 3. The number of hydrogen-bond donors (Lipinski definition) is 2. The Labute approximate surface area is 146 Å². The normalized spacial score (nSPS) is 11.4. The van der Waals surface area contributed by atoms with Crippen LogP contribution in [0.2, 0.25) is 0 Å². The summed E-state index contributed by atoms with van der Waals surface area (Å²) in [6, 6.07) is 12.7. The number of rotatable bonds is 4. The zero-order chi connectivity index (χ0) is 16.8. The maximum Gasteiger partial charge on any atom is 0.279 e. The van der Waals surface area contributed by atoms with Gasteiger partial charge >= 0.3 is 0 Å². The fraction of sp³-hybridized carbons (Fsp3) is 0.125. The molecule has 0 saturated heterocycles. The topological polar surface area (TPSA) is 67.4 Å². The molecule has 7 heteroatoms. The molecule has 23 heavy (non-hydrogen) atoms. The number of benzene rings is 2. The Morgan fingerprint density at radius 3 is 2.43 bits per heavy atom. The molecule has 2 N–H and O–H groups in total. The van der Waals surface area contributed by atoms with Crippen LogP contribution in [-0.2, 0) is 4.79 Å². The molecule has 0 bridgehead atoms. The standard InChI is InChI=1S/C16H14FIN2O3/c1-10(23-14-9-5-3-7-12(14)17)15(21)19-20-16(22)11-6-2-4-8-13(11)18/h2-10H,1H3,(H,19,21)(H,20,22).